The molecule has 2 N–H and O–H groups in total. The van der Waals surface area contributed by atoms with Gasteiger partial charge in [0.25, 0.3) is 0 Å². The van der Waals surface area contributed by atoms with Gasteiger partial charge in [0, 0.05) is 17.2 Å². The second-order valence-electron chi connectivity index (χ2n) is 7.67. The molecule has 0 unspecified atom stereocenters. The predicted octanol–water partition coefficient (Wildman–Crippen LogP) is 6.50. The van der Waals surface area contributed by atoms with Crippen molar-refractivity contribution >= 4 is 27.4 Å². The third-order valence-corrected chi connectivity index (χ3v) is 5.71. The summed E-state index contributed by atoms with van der Waals surface area (Å²) in [6.45, 7) is 6.09. The molecule has 1 heterocycles. The van der Waals surface area contributed by atoms with Gasteiger partial charge in [-0.1, -0.05) is 20.3 Å². The highest BCUT2D eigenvalue weighted by atomic mass is 79.9. The van der Waals surface area contributed by atoms with Crippen LogP contribution in [0.1, 0.15) is 50.2 Å². The van der Waals surface area contributed by atoms with Crippen LogP contribution in [0, 0.1) is 5.92 Å². The standard InChI is InChI=1S/C21H25BrF3N3O/c1-13(2)17-9-20(27-12-15(17)11-26-10-14-4-3-5-14)28-19-7-6-16(8-18(19)22)29-21(23,24)25/h6-9,12-14,26H,3-5,10-11H2,1-2H3,(H,27,28). The molecule has 2 aromatic rings. The molecule has 0 spiro atoms. The van der Waals surface area contributed by atoms with Crippen LogP contribution in [0.2, 0.25) is 0 Å². The van der Waals surface area contributed by atoms with Gasteiger partial charge in [0.15, 0.2) is 0 Å². The lowest BCUT2D eigenvalue weighted by Crippen LogP contribution is -2.27. The minimum atomic E-state index is -4.72. The Kier molecular flexibility index (Phi) is 7.05. The first-order valence-electron chi connectivity index (χ1n) is 9.73. The van der Waals surface area contributed by atoms with Crippen LogP contribution >= 0.6 is 15.9 Å². The number of pyridine rings is 1. The van der Waals surface area contributed by atoms with Crippen molar-refractivity contribution in [3.8, 4) is 5.75 Å². The molecule has 29 heavy (non-hydrogen) atoms. The molecule has 1 aliphatic rings. The highest BCUT2D eigenvalue weighted by Gasteiger charge is 2.31. The fourth-order valence-corrected chi connectivity index (χ4v) is 3.75. The minimum absolute atomic E-state index is 0.279. The van der Waals surface area contributed by atoms with Crippen molar-refractivity contribution in [1.29, 1.82) is 0 Å². The maximum Gasteiger partial charge on any atom is 0.573 e. The van der Waals surface area contributed by atoms with Crippen molar-refractivity contribution in [3.05, 3.63) is 46.1 Å². The van der Waals surface area contributed by atoms with E-state index in [1.165, 1.54) is 43.0 Å². The molecule has 8 heteroatoms. The Balaban J connectivity index is 1.69. The van der Waals surface area contributed by atoms with Crippen molar-refractivity contribution in [2.45, 2.75) is 51.9 Å². The number of nitrogens with zero attached hydrogens (tertiary/aromatic N) is 1. The maximum absolute atomic E-state index is 12.4. The van der Waals surface area contributed by atoms with E-state index in [2.05, 4.69) is 50.1 Å². The van der Waals surface area contributed by atoms with Gasteiger partial charge in [-0.25, -0.2) is 4.98 Å². The Hall–Kier alpha value is -1.80. The van der Waals surface area contributed by atoms with Gasteiger partial charge in [-0.2, -0.15) is 0 Å². The molecule has 0 bridgehead atoms. The van der Waals surface area contributed by atoms with Crippen LogP contribution in [0.4, 0.5) is 24.7 Å². The normalized spacial score (nSPS) is 14.7. The molecule has 4 nitrogen and oxygen atoms in total. The lowest BCUT2D eigenvalue weighted by Gasteiger charge is -2.26. The topological polar surface area (TPSA) is 46.2 Å². The molecule has 0 amide bonds. The summed E-state index contributed by atoms with van der Waals surface area (Å²) in [5, 5.41) is 6.69. The molecular formula is C21H25BrF3N3O. The van der Waals surface area contributed by atoms with Crippen LogP contribution in [-0.4, -0.2) is 17.9 Å². The summed E-state index contributed by atoms with van der Waals surface area (Å²) in [4.78, 5) is 4.49. The van der Waals surface area contributed by atoms with E-state index < -0.39 is 6.36 Å². The molecule has 1 aromatic carbocycles. The summed E-state index contributed by atoms with van der Waals surface area (Å²) >= 11 is 3.29. The van der Waals surface area contributed by atoms with Crippen molar-refractivity contribution < 1.29 is 17.9 Å². The number of hydrogen-bond donors (Lipinski definition) is 2. The number of hydrogen-bond acceptors (Lipinski definition) is 4. The second-order valence-corrected chi connectivity index (χ2v) is 8.52. The van der Waals surface area contributed by atoms with Gasteiger partial charge in [-0.3, -0.25) is 0 Å². The zero-order valence-corrected chi connectivity index (χ0v) is 18.0. The van der Waals surface area contributed by atoms with Crippen LogP contribution in [-0.2, 0) is 6.54 Å². The molecule has 0 aliphatic heterocycles. The molecular weight excluding hydrogens is 447 g/mol. The van der Waals surface area contributed by atoms with E-state index in [9.17, 15) is 13.2 Å². The molecule has 1 aliphatic carbocycles. The van der Waals surface area contributed by atoms with Gasteiger partial charge >= 0.3 is 6.36 Å². The van der Waals surface area contributed by atoms with Crippen LogP contribution in [0.3, 0.4) is 0 Å². The van der Waals surface area contributed by atoms with E-state index in [-0.39, 0.29) is 5.75 Å². The van der Waals surface area contributed by atoms with Crippen molar-refractivity contribution in [3.63, 3.8) is 0 Å². The third kappa shape index (κ3) is 6.34. The summed E-state index contributed by atoms with van der Waals surface area (Å²) < 4.78 is 41.5. The molecule has 158 valence electrons. The van der Waals surface area contributed by atoms with E-state index in [0.717, 1.165) is 24.6 Å². The Morgan fingerprint density at radius 2 is 2.00 bits per heavy atom. The summed E-state index contributed by atoms with van der Waals surface area (Å²) in [5.41, 5.74) is 2.97. The first kappa shape index (κ1) is 21.9. The molecule has 1 saturated carbocycles. The van der Waals surface area contributed by atoms with E-state index in [1.807, 2.05) is 12.3 Å². The lowest BCUT2D eigenvalue weighted by molar-refractivity contribution is -0.274. The largest absolute Gasteiger partial charge is 0.573 e. The van der Waals surface area contributed by atoms with Crippen molar-refractivity contribution in [2.75, 3.05) is 11.9 Å². The monoisotopic (exact) mass is 471 g/mol. The van der Waals surface area contributed by atoms with Crippen molar-refractivity contribution in [1.82, 2.24) is 10.3 Å². The number of benzene rings is 1. The number of nitrogens with one attached hydrogen (secondary N) is 2. The third-order valence-electron chi connectivity index (χ3n) is 5.05. The van der Waals surface area contributed by atoms with Crippen LogP contribution in [0.25, 0.3) is 0 Å². The summed E-state index contributed by atoms with van der Waals surface area (Å²) in [7, 11) is 0. The Morgan fingerprint density at radius 1 is 1.24 bits per heavy atom. The molecule has 3 rings (SSSR count). The van der Waals surface area contributed by atoms with Gasteiger partial charge in [0.05, 0.1) is 5.69 Å². The predicted molar refractivity (Wildman–Crippen MR) is 111 cm³/mol. The summed E-state index contributed by atoms with van der Waals surface area (Å²) in [5.74, 6) is 1.48. The Bertz CT molecular complexity index is 838. The van der Waals surface area contributed by atoms with Gasteiger partial charge < -0.3 is 15.4 Å². The van der Waals surface area contributed by atoms with Gasteiger partial charge in [0.1, 0.15) is 11.6 Å². The smallest absolute Gasteiger partial charge is 0.406 e. The zero-order valence-electron chi connectivity index (χ0n) is 16.4. The Labute approximate surface area is 177 Å². The van der Waals surface area contributed by atoms with Crippen LogP contribution in [0.15, 0.2) is 34.9 Å². The molecule has 0 atom stereocenters. The number of ether oxygens (including phenoxy) is 1. The average molecular weight is 472 g/mol. The van der Waals surface area contributed by atoms with Gasteiger partial charge in [-0.05, 0) is 82.5 Å². The first-order valence-corrected chi connectivity index (χ1v) is 10.5. The molecule has 1 aromatic heterocycles. The van der Waals surface area contributed by atoms with Gasteiger partial charge in [0.2, 0.25) is 0 Å². The lowest BCUT2D eigenvalue weighted by atomic mass is 9.85. The minimum Gasteiger partial charge on any atom is -0.406 e. The fourth-order valence-electron chi connectivity index (χ4n) is 3.29. The van der Waals surface area contributed by atoms with E-state index in [0.29, 0.717) is 21.9 Å². The fraction of sp³-hybridized carbons (Fsp3) is 0.476. The molecule has 1 fully saturated rings. The maximum atomic E-state index is 12.4. The number of aromatic nitrogens is 1. The second kappa shape index (κ2) is 9.34. The summed E-state index contributed by atoms with van der Waals surface area (Å²) in [6, 6.07) is 6.06. The number of anilines is 2. The number of halogens is 4. The summed E-state index contributed by atoms with van der Waals surface area (Å²) in [6.07, 6.45) is 1.11. The highest BCUT2D eigenvalue weighted by molar-refractivity contribution is 9.10. The first-order chi connectivity index (χ1) is 13.7. The SMILES string of the molecule is CC(C)c1cc(Nc2ccc(OC(F)(F)F)cc2Br)ncc1CNCC1CCC1. The van der Waals surface area contributed by atoms with Crippen LogP contribution < -0.4 is 15.4 Å². The van der Waals surface area contributed by atoms with Crippen molar-refractivity contribution in [2.24, 2.45) is 5.92 Å². The molecule has 0 saturated heterocycles. The highest BCUT2D eigenvalue weighted by Crippen LogP contribution is 2.33. The van der Waals surface area contributed by atoms with Gasteiger partial charge in [-0.15, -0.1) is 13.2 Å². The number of alkyl halides is 3. The Morgan fingerprint density at radius 3 is 2.59 bits per heavy atom. The van der Waals surface area contributed by atoms with Crippen LogP contribution in [0.5, 0.6) is 5.75 Å². The van der Waals surface area contributed by atoms with E-state index in [1.54, 1.807) is 0 Å². The zero-order chi connectivity index (χ0) is 21.0. The molecule has 0 radical (unpaired) electrons. The number of rotatable bonds is 8. The average Bonchev–Trinajstić information content (AvgIpc) is 2.58. The van der Waals surface area contributed by atoms with E-state index >= 15 is 0 Å². The quantitative estimate of drug-likeness (QED) is 0.461. The van der Waals surface area contributed by atoms with E-state index in [4.69, 9.17) is 0 Å².